The Morgan fingerprint density at radius 3 is 1.61 bits per heavy atom. The van der Waals surface area contributed by atoms with Gasteiger partial charge in [0.25, 0.3) is 11.1 Å². The quantitative estimate of drug-likeness (QED) is 0.0951. The number of imidazole rings is 2. The molecule has 21 heteroatoms. The first kappa shape index (κ1) is 58.5. The first-order valence-corrected chi connectivity index (χ1v) is 27.5. The largest absolute Gasteiger partial charge is 0.456 e. The molecule has 7 aromatic rings. The number of pyridine rings is 2. The van der Waals surface area contributed by atoms with Crippen LogP contribution in [0.25, 0.3) is 43.9 Å². The summed E-state index contributed by atoms with van der Waals surface area (Å²) < 4.78 is 26.9. The molecule has 2 saturated heterocycles. The fourth-order valence-electron chi connectivity index (χ4n) is 9.90. The zero-order valence-electron chi connectivity index (χ0n) is 48.4. The highest BCUT2D eigenvalue weighted by atomic mass is 35.5. The second-order valence-electron chi connectivity index (χ2n) is 24.6. The van der Waals surface area contributed by atoms with Crippen molar-refractivity contribution in [2.45, 2.75) is 150 Å². The van der Waals surface area contributed by atoms with Gasteiger partial charge in [0.05, 0.1) is 28.7 Å². The van der Waals surface area contributed by atoms with Crippen LogP contribution < -0.4 is 31.6 Å². The van der Waals surface area contributed by atoms with Gasteiger partial charge >= 0.3 is 24.1 Å². The summed E-state index contributed by atoms with van der Waals surface area (Å²) in [6.07, 6.45) is 2.38. The Bertz CT molecular complexity index is 3640. The fraction of sp³-hybridized carbons (Fsp3) is 0.492. The molecule has 0 saturated carbocycles. The number of rotatable bonds is 8. The molecule has 20 nitrogen and oxygen atoms in total. The number of nitrogens with one attached hydrogen (secondary N) is 3. The Kier molecular flexibility index (Phi) is 16.5. The molecule has 4 aromatic heterocycles. The molecule has 428 valence electrons. The molecule has 0 radical (unpaired) electrons. The van der Waals surface area contributed by atoms with Gasteiger partial charge in [-0.25, -0.2) is 29.1 Å². The number of hydrogen-bond acceptors (Lipinski definition) is 14. The first-order chi connectivity index (χ1) is 37.3. The molecule has 2 amide bonds. The lowest BCUT2D eigenvalue weighted by molar-refractivity contribution is 0.00572. The molecule has 2 atom stereocenters. The van der Waals surface area contributed by atoms with Gasteiger partial charge in [-0.3, -0.25) is 9.59 Å². The van der Waals surface area contributed by atoms with Gasteiger partial charge in [0.2, 0.25) is 11.9 Å². The van der Waals surface area contributed by atoms with Gasteiger partial charge in [0.15, 0.2) is 0 Å². The molecule has 2 aliphatic rings. The lowest BCUT2D eigenvalue weighted by Crippen LogP contribution is -2.49. The normalized spacial score (nSPS) is 16.3. The number of aryl methyl sites for hydroxylation is 2. The minimum absolute atomic E-state index is 0.0993. The van der Waals surface area contributed by atoms with Crippen molar-refractivity contribution in [3.05, 3.63) is 103 Å². The van der Waals surface area contributed by atoms with Crippen LogP contribution >= 0.6 is 11.6 Å². The highest BCUT2D eigenvalue weighted by Crippen LogP contribution is 2.32. The number of aromatic amines is 1. The third-order valence-corrected chi connectivity index (χ3v) is 13.7. The van der Waals surface area contributed by atoms with Crippen LogP contribution in [0, 0.1) is 0 Å². The van der Waals surface area contributed by atoms with Crippen molar-refractivity contribution < 1.29 is 38.1 Å². The average Bonchev–Trinajstić information content (AvgIpc) is 4.14. The van der Waals surface area contributed by atoms with E-state index in [1.165, 1.54) is 4.57 Å². The van der Waals surface area contributed by atoms with Gasteiger partial charge in [-0.05, 0) is 157 Å². The SMILES string of the molecule is Cn1c(=O)c2[nH]c(N3CCC[C@@H](NC(=O)OC(C)(C)C)C3)nc2c2ccc(C(=O)OC(C)(C)C)cc21.Cn1c(=O)c2c(nc(N3CCC[C@@H](NC(=O)OC(C)(C)C)C3)n2Cc2ccccc2Cl)c2ccc(C(=O)OC(C)(C)C)cc21. The number of aromatic nitrogens is 6. The molecule has 3 aromatic carbocycles. The highest BCUT2D eigenvalue weighted by molar-refractivity contribution is 6.31. The second-order valence-corrected chi connectivity index (χ2v) is 25.0. The van der Waals surface area contributed by atoms with Gasteiger partial charge in [0.1, 0.15) is 44.5 Å². The molecule has 0 spiro atoms. The predicted octanol–water partition coefficient (Wildman–Crippen LogP) is 9.90. The highest BCUT2D eigenvalue weighted by Gasteiger charge is 2.31. The maximum Gasteiger partial charge on any atom is 0.407 e. The number of alkyl carbamates (subject to hydrolysis) is 2. The van der Waals surface area contributed by atoms with E-state index in [-0.39, 0.29) is 23.2 Å². The maximum absolute atomic E-state index is 14.0. The van der Waals surface area contributed by atoms with E-state index in [0.29, 0.717) is 87.3 Å². The van der Waals surface area contributed by atoms with E-state index in [2.05, 4.69) is 20.5 Å². The number of hydrogen-bond donors (Lipinski definition) is 3. The number of anilines is 2. The van der Waals surface area contributed by atoms with Crippen molar-refractivity contribution in [2.24, 2.45) is 14.1 Å². The number of fused-ring (bicyclic) bond motifs is 6. The number of ether oxygens (including phenoxy) is 4. The topological polar surface area (TPSA) is 226 Å². The number of carbonyl (C=O) groups excluding carboxylic acids is 4. The number of amides is 2. The predicted molar refractivity (Wildman–Crippen MR) is 311 cm³/mol. The molecule has 2 aliphatic heterocycles. The number of halogens is 1. The van der Waals surface area contributed by atoms with E-state index >= 15 is 0 Å². The zero-order chi connectivity index (χ0) is 58.4. The molecule has 6 heterocycles. The molecule has 0 unspecified atom stereocenters. The van der Waals surface area contributed by atoms with Crippen molar-refractivity contribution in [1.29, 1.82) is 0 Å². The summed E-state index contributed by atoms with van der Waals surface area (Å²) in [5, 5.41) is 8.01. The summed E-state index contributed by atoms with van der Waals surface area (Å²) in [6.45, 7) is 24.6. The van der Waals surface area contributed by atoms with Gasteiger partial charge in [-0.1, -0.05) is 29.8 Å². The third-order valence-electron chi connectivity index (χ3n) is 13.3. The number of piperidine rings is 2. The van der Waals surface area contributed by atoms with E-state index < -0.39 is 46.5 Å². The Morgan fingerprint density at radius 1 is 0.625 bits per heavy atom. The van der Waals surface area contributed by atoms with Gasteiger partial charge < -0.3 is 58.1 Å². The maximum atomic E-state index is 14.0. The summed E-state index contributed by atoms with van der Waals surface area (Å²) in [7, 11) is 3.36. The van der Waals surface area contributed by atoms with Crippen LogP contribution in [-0.2, 0) is 39.6 Å². The number of H-pyrrole nitrogens is 1. The summed E-state index contributed by atoms with van der Waals surface area (Å²) >= 11 is 6.59. The second kappa shape index (κ2) is 22.5. The van der Waals surface area contributed by atoms with Crippen LogP contribution in [0.15, 0.2) is 70.3 Å². The number of esters is 2. The van der Waals surface area contributed by atoms with Crippen molar-refractivity contribution in [3.63, 3.8) is 0 Å². The molecule has 9 rings (SSSR count). The minimum Gasteiger partial charge on any atom is -0.456 e. The average molecular weight is 1120 g/mol. The van der Waals surface area contributed by atoms with Crippen LogP contribution in [0.5, 0.6) is 0 Å². The first-order valence-electron chi connectivity index (χ1n) is 27.1. The van der Waals surface area contributed by atoms with Crippen LogP contribution in [0.4, 0.5) is 21.5 Å². The Morgan fingerprint density at radius 2 is 1.10 bits per heavy atom. The molecular formula is C59H75ClN10O10. The minimum atomic E-state index is -0.654. The lowest BCUT2D eigenvalue weighted by atomic mass is 10.1. The van der Waals surface area contributed by atoms with Crippen LogP contribution in [0.2, 0.25) is 5.02 Å². The van der Waals surface area contributed by atoms with Crippen molar-refractivity contribution in [1.82, 2.24) is 39.3 Å². The van der Waals surface area contributed by atoms with E-state index in [9.17, 15) is 28.8 Å². The zero-order valence-corrected chi connectivity index (χ0v) is 49.1. The molecule has 3 N–H and O–H groups in total. The van der Waals surface area contributed by atoms with Crippen LogP contribution in [-0.4, -0.2) is 113 Å². The van der Waals surface area contributed by atoms with Crippen LogP contribution in [0.1, 0.15) is 135 Å². The smallest absolute Gasteiger partial charge is 0.407 e. The Labute approximate surface area is 470 Å². The molecule has 80 heavy (non-hydrogen) atoms. The van der Waals surface area contributed by atoms with E-state index in [0.717, 1.165) is 48.6 Å². The van der Waals surface area contributed by atoms with Gasteiger partial charge in [-0.2, -0.15) is 0 Å². The van der Waals surface area contributed by atoms with Crippen molar-refractivity contribution in [3.8, 4) is 0 Å². The Balaban J connectivity index is 0.000000215. The van der Waals surface area contributed by atoms with Crippen molar-refractivity contribution >= 4 is 91.5 Å². The number of carbonyl (C=O) groups is 4. The van der Waals surface area contributed by atoms with E-state index in [1.807, 2.05) is 123 Å². The van der Waals surface area contributed by atoms with Crippen LogP contribution in [0.3, 0.4) is 0 Å². The van der Waals surface area contributed by atoms with Gasteiger partial charge in [0, 0.05) is 68.2 Å². The van der Waals surface area contributed by atoms with Crippen molar-refractivity contribution in [2.75, 3.05) is 36.0 Å². The summed E-state index contributed by atoms with van der Waals surface area (Å²) in [4.78, 5) is 94.6. The fourth-order valence-corrected chi connectivity index (χ4v) is 10.1. The standard InChI is InChI=1S/C33H40ClN5O5.C26H35N5O5/c1-32(2,3)43-29(41)20-14-15-23-25(17-20)37(7)28(40)27-26(23)36-30(39(27)18-21-11-8-9-13-24(21)34)38-16-10-12-22(19-38)35-31(42)44-33(4,5)6;1-25(2,3)35-22(33)15-10-11-17-18(13-15)30(7)21(32)20-19(17)28-23(29-20)31-12-8-9-16(14-31)27-24(34)36-26(4,5)6/h8-9,11,13-15,17,22H,10,12,16,18-19H2,1-7H3,(H,35,42);10-11,13,16H,8-9,12,14H2,1-7H3,(H,27,34)(H,28,29)/t22-;16-/m11/s1. The summed E-state index contributed by atoms with van der Waals surface area (Å²) in [5.74, 6) is 0.267. The summed E-state index contributed by atoms with van der Waals surface area (Å²) in [5.41, 5.74) is 1.70. The van der Waals surface area contributed by atoms with E-state index in [1.54, 1.807) is 49.0 Å². The van der Waals surface area contributed by atoms with Gasteiger partial charge in [-0.15, -0.1) is 0 Å². The summed E-state index contributed by atoms with van der Waals surface area (Å²) in [6, 6.07) is 17.6. The lowest BCUT2D eigenvalue weighted by Gasteiger charge is -2.34. The van der Waals surface area contributed by atoms with E-state index in [4.69, 9.17) is 40.5 Å². The molecule has 0 bridgehead atoms. The third kappa shape index (κ3) is 13.7. The monoisotopic (exact) mass is 1120 g/mol. The Hall–Kier alpha value is -7.61. The molecule has 0 aliphatic carbocycles. The molecular weight excluding hydrogens is 1040 g/mol. The number of nitrogens with zero attached hydrogens (tertiary/aromatic N) is 7. The molecule has 2 fully saturated rings. The number of benzene rings is 3.